The van der Waals surface area contributed by atoms with Crippen molar-refractivity contribution in [3.05, 3.63) is 83.4 Å². The number of rotatable bonds is 6. The summed E-state index contributed by atoms with van der Waals surface area (Å²) < 4.78 is 16.8. The highest BCUT2D eigenvalue weighted by molar-refractivity contribution is 5.96. The molecule has 5 heteroatoms. The molecule has 0 radical (unpaired) electrons. The lowest BCUT2D eigenvalue weighted by Gasteiger charge is -2.27. The second-order valence-corrected chi connectivity index (χ2v) is 6.95. The molecule has 0 saturated carbocycles. The van der Waals surface area contributed by atoms with E-state index in [1.165, 1.54) is 0 Å². The third-order valence-corrected chi connectivity index (χ3v) is 5.10. The second-order valence-electron chi connectivity index (χ2n) is 6.95. The van der Waals surface area contributed by atoms with E-state index in [4.69, 9.17) is 14.2 Å². The molecule has 3 aromatic rings. The number of hydrogen-bond acceptors (Lipinski definition) is 4. The molecule has 4 rings (SSSR count). The van der Waals surface area contributed by atoms with Crippen molar-refractivity contribution in [2.75, 3.05) is 19.5 Å². The van der Waals surface area contributed by atoms with Gasteiger partial charge in [0.2, 0.25) is 5.91 Å². The maximum atomic E-state index is 12.3. The predicted molar refractivity (Wildman–Crippen MR) is 112 cm³/mol. The molecule has 1 aliphatic rings. The maximum Gasteiger partial charge on any atom is 0.225 e. The SMILES string of the molecule is COc1cc2c(cc1OC)C(c1cccc(OCc3ccccc3)c1)CC(=O)N2. The van der Waals surface area contributed by atoms with Gasteiger partial charge in [-0.25, -0.2) is 0 Å². The van der Waals surface area contributed by atoms with Crippen LogP contribution >= 0.6 is 0 Å². The summed E-state index contributed by atoms with van der Waals surface area (Å²) in [4.78, 5) is 12.3. The van der Waals surface area contributed by atoms with Crippen LogP contribution in [-0.4, -0.2) is 20.1 Å². The number of carbonyl (C=O) groups is 1. The molecule has 148 valence electrons. The van der Waals surface area contributed by atoms with E-state index < -0.39 is 0 Å². The van der Waals surface area contributed by atoms with Crippen LogP contribution < -0.4 is 19.5 Å². The number of anilines is 1. The van der Waals surface area contributed by atoms with Gasteiger partial charge in [0, 0.05) is 24.1 Å². The summed E-state index contributed by atoms with van der Waals surface area (Å²) in [5.74, 6) is 1.90. The number of fused-ring (bicyclic) bond motifs is 1. The molecule has 0 saturated heterocycles. The molecule has 1 N–H and O–H groups in total. The first-order chi connectivity index (χ1) is 14.2. The maximum absolute atomic E-state index is 12.3. The van der Waals surface area contributed by atoms with Crippen molar-refractivity contribution in [1.82, 2.24) is 0 Å². The van der Waals surface area contributed by atoms with Gasteiger partial charge < -0.3 is 19.5 Å². The molecule has 1 aliphatic heterocycles. The quantitative estimate of drug-likeness (QED) is 0.661. The molecular weight excluding hydrogens is 366 g/mol. The van der Waals surface area contributed by atoms with Crippen molar-refractivity contribution in [1.29, 1.82) is 0 Å². The normalized spacial score (nSPS) is 15.2. The van der Waals surface area contributed by atoms with Crippen molar-refractivity contribution in [2.45, 2.75) is 18.9 Å². The van der Waals surface area contributed by atoms with Gasteiger partial charge in [-0.2, -0.15) is 0 Å². The van der Waals surface area contributed by atoms with Crippen LogP contribution in [0, 0.1) is 0 Å². The molecule has 1 heterocycles. The minimum absolute atomic E-state index is 0.0228. The van der Waals surface area contributed by atoms with Crippen molar-refractivity contribution < 1.29 is 19.0 Å². The summed E-state index contributed by atoms with van der Waals surface area (Å²) in [7, 11) is 3.19. The molecule has 0 aliphatic carbocycles. The lowest BCUT2D eigenvalue weighted by atomic mass is 9.84. The summed E-state index contributed by atoms with van der Waals surface area (Å²) >= 11 is 0. The molecule has 5 nitrogen and oxygen atoms in total. The smallest absolute Gasteiger partial charge is 0.225 e. The topological polar surface area (TPSA) is 56.8 Å². The van der Waals surface area contributed by atoms with E-state index in [0.29, 0.717) is 24.5 Å². The van der Waals surface area contributed by atoms with Crippen molar-refractivity contribution in [3.63, 3.8) is 0 Å². The number of methoxy groups -OCH3 is 2. The summed E-state index contributed by atoms with van der Waals surface area (Å²) in [6, 6.07) is 21.7. The average Bonchev–Trinajstić information content (AvgIpc) is 2.77. The molecule has 0 bridgehead atoms. The largest absolute Gasteiger partial charge is 0.493 e. The summed E-state index contributed by atoms with van der Waals surface area (Å²) in [6.07, 6.45) is 0.366. The van der Waals surface area contributed by atoms with Crippen LogP contribution in [0.2, 0.25) is 0 Å². The van der Waals surface area contributed by atoms with Gasteiger partial charge in [0.1, 0.15) is 12.4 Å². The van der Waals surface area contributed by atoms with Crippen LogP contribution in [0.25, 0.3) is 0 Å². The van der Waals surface area contributed by atoms with Gasteiger partial charge in [0.15, 0.2) is 11.5 Å². The van der Waals surface area contributed by atoms with Gasteiger partial charge in [0.05, 0.1) is 14.2 Å². The third-order valence-electron chi connectivity index (χ3n) is 5.10. The van der Waals surface area contributed by atoms with Crippen LogP contribution in [0.5, 0.6) is 17.2 Å². The summed E-state index contributed by atoms with van der Waals surface area (Å²) in [5.41, 5.74) is 3.89. The van der Waals surface area contributed by atoms with Crippen molar-refractivity contribution >= 4 is 11.6 Å². The molecule has 0 aromatic heterocycles. The molecular formula is C24H23NO4. The number of hydrogen-bond donors (Lipinski definition) is 1. The first kappa shape index (κ1) is 18.9. The van der Waals surface area contributed by atoms with Gasteiger partial charge in [-0.3, -0.25) is 4.79 Å². The Labute approximate surface area is 170 Å². The van der Waals surface area contributed by atoms with E-state index in [1.807, 2.05) is 66.7 Å². The van der Waals surface area contributed by atoms with E-state index in [2.05, 4.69) is 5.32 Å². The first-order valence-electron chi connectivity index (χ1n) is 9.50. The first-order valence-corrected chi connectivity index (χ1v) is 9.50. The Kier molecular flexibility index (Phi) is 5.38. The highest BCUT2D eigenvalue weighted by atomic mass is 16.5. The van der Waals surface area contributed by atoms with E-state index in [-0.39, 0.29) is 11.8 Å². The zero-order valence-electron chi connectivity index (χ0n) is 16.5. The number of benzene rings is 3. The lowest BCUT2D eigenvalue weighted by molar-refractivity contribution is -0.116. The average molecular weight is 389 g/mol. The number of carbonyl (C=O) groups excluding carboxylic acids is 1. The minimum Gasteiger partial charge on any atom is -0.493 e. The Balaban J connectivity index is 1.64. The molecule has 29 heavy (non-hydrogen) atoms. The Hall–Kier alpha value is -3.47. The standard InChI is InChI=1S/C24H23NO4/c1-27-22-12-20-19(13-24(26)25-21(20)14-23(22)28-2)17-9-6-10-18(11-17)29-15-16-7-4-3-5-8-16/h3-12,14,19H,13,15H2,1-2H3,(H,25,26). The molecule has 0 spiro atoms. The van der Waals surface area contributed by atoms with Gasteiger partial charge in [0.25, 0.3) is 0 Å². The Morgan fingerprint density at radius 1 is 0.931 bits per heavy atom. The number of amides is 1. The van der Waals surface area contributed by atoms with Crippen LogP contribution in [0.4, 0.5) is 5.69 Å². The van der Waals surface area contributed by atoms with Gasteiger partial charge in [-0.05, 0) is 34.9 Å². The zero-order chi connectivity index (χ0) is 20.2. The predicted octanol–water partition coefficient (Wildman–Crippen LogP) is 4.76. The molecule has 0 fully saturated rings. The fraction of sp³-hybridized carbons (Fsp3) is 0.208. The van der Waals surface area contributed by atoms with E-state index in [1.54, 1.807) is 14.2 Å². The summed E-state index contributed by atoms with van der Waals surface area (Å²) in [5, 5.41) is 2.94. The summed E-state index contributed by atoms with van der Waals surface area (Å²) in [6.45, 7) is 0.497. The Bertz CT molecular complexity index is 1020. The van der Waals surface area contributed by atoms with Gasteiger partial charge in [-0.1, -0.05) is 42.5 Å². The van der Waals surface area contributed by atoms with E-state index in [0.717, 1.165) is 28.1 Å². The highest BCUT2D eigenvalue weighted by Crippen LogP contribution is 2.43. The monoisotopic (exact) mass is 389 g/mol. The molecule has 1 atom stereocenters. The molecule has 1 unspecified atom stereocenters. The van der Waals surface area contributed by atoms with Crippen LogP contribution in [0.1, 0.15) is 29.0 Å². The zero-order valence-corrected chi connectivity index (χ0v) is 16.5. The molecule has 1 amide bonds. The van der Waals surface area contributed by atoms with Crippen LogP contribution in [-0.2, 0) is 11.4 Å². The van der Waals surface area contributed by atoms with Crippen LogP contribution in [0.3, 0.4) is 0 Å². The van der Waals surface area contributed by atoms with Crippen molar-refractivity contribution in [2.24, 2.45) is 0 Å². The second kappa shape index (κ2) is 8.27. The molecule has 3 aromatic carbocycles. The number of ether oxygens (including phenoxy) is 3. The van der Waals surface area contributed by atoms with Gasteiger partial charge >= 0.3 is 0 Å². The Morgan fingerprint density at radius 3 is 2.45 bits per heavy atom. The fourth-order valence-electron chi connectivity index (χ4n) is 3.65. The minimum atomic E-state index is -0.0844. The Morgan fingerprint density at radius 2 is 1.69 bits per heavy atom. The fourth-order valence-corrected chi connectivity index (χ4v) is 3.65. The van der Waals surface area contributed by atoms with E-state index in [9.17, 15) is 4.79 Å². The van der Waals surface area contributed by atoms with Crippen LogP contribution in [0.15, 0.2) is 66.7 Å². The lowest BCUT2D eigenvalue weighted by Crippen LogP contribution is -2.23. The van der Waals surface area contributed by atoms with Gasteiger partial charge in [-0.15, -0.1) is 0 Å². The van der Waals surface area contributed by atoms with Crippen molar-refractivity contribution in [3.8, 4) is 17.2 Å². The third kappa shape index (κ3) is 4.04. The highest BCUT2D eigenvalue weighted by Gasteiger charge is 2.28. The van der Waals surface area contributed by atoms with E-state index >= 15 is 0 Å². The number of nitrogens with one attached hydrogen (secondary N) is 1.